The van der Waals surface area contributed by atoms with Crippen LogP contribution in [0, 0.1) is 0 Å². The van der Waals surface area contributed by atoms with Gasteiger partial charge in [0.05, 0.1) is 23.2 Å². The van der Waals surface area contributed by atoms with Gasteiger partial charge in [-0.3, -0.25) is 9.36 Å². The molecule has 0 radical (unpaired) electrons. The number of rotatable bonds is 5. The van der Waals surface area contributed by atoms with Gasteiger partial charge in [0.1, 0.15) is 0 Å². The first kappa shape index (κ1) is 19.4. The highest BCUT2D eigenvalue weighted by molar-refractivity contribution is 7.91. The van der Waals surface area contributed by atoms with Crippen LogP contribution in [0.1, 0.15) is 12.8 Å². The molecule has 0 bridgehead atoms. The van der Waals surface area contributed by atoms with E-state index in [0.29, 0.717) is 12.3 Å². The molecule has 0 unspecified atom stereocenters. The Morgan fingerprint density at radius 2 is 1.62 bits per heavy atom. The van der Waals surface area contributed by atoms with Crippen LogP contribution in [0.25, 0.3) is 5.69 Å². The lowest BCUT2D eigenvalue weighted by atomic mass is 10.2. The van der Waals surface area contributed by atoms with Gasteiger partial charge in [-0.25, -0.2) is 17.8 Å². The van der Waals surface area contributed by atoms with Crippen molar-refractivity contribution in [1.82, 2.24) is 9.13 Å². The molecule has 29 heavy (non-hydrogen) atoms. The third kappa shape index (κ3) is 3.68. The van der Waals surface area contributed by atoms with E-state index >= 15 is 0 Å². The van der Waals surface area contributed by atoms with Crippen molar-refractivity contribution < 1.29 is 13.2 Å². The maximum absolute atomic E-state index is 13.2. The molecular weight excluding hydrogens is 392 g/mol. The summed E-state index contributed by atoms with van der Waals surface area (Å²) < 4.78 is 34.1. The van der Waals surface area contributed by atoms with Gasteiger partial charge in [0, 0.05) is 12.8 Å². The molecule has 150 valence electrons. The highest BCUT2D eigenvalue weighted by Gasteiger charge is 2.27. The number of hydrogen-bond donors (Lipinski definition) is 0. The van der Waals surface area contributed by atoms with E-state index in [1.54, 1.807) is 48.5 Å². The maximum atomic E-state index is 13.2. The summed E-state index contributed by atoms with van der Waals surface area (Å²) in [5.74, 6) is 0. The summed E-state index contributed by atoms with van der Waals surface area (Å²) in [6.45, 7) is 0.788. The lowest BCUT2D eigenvalue weighted by Crippen LogP contribution is -2.42. The van der Waals surface area contributed by atoms with Crippen molar-refractivity contribution in [1.29, 1.82) is 0 Å². The summed E-state index contributed by atoms with van der Waals surface area (Å²) in [5.41, 5.74) is -1.15. The molecule has 7 nitrogen and oxygen atoms in total. The largest absolute Gasteiger partial charge is 0.376 e. The van der Waals surface area contributed by atoms with Crippen LogP contribution in [0.5, 0.6) is 0 Å². The first-order valence-electron chi connectivity index (χ1n) is 9.32. The second kappa shape index (κ2) is 7.81. The molecular formula is C21H20N2O5S. The van der Waals surface area contributed by atoms with Crippen LogP contribution in [0.15, 0.2) is 86.2 Å². The Hall–Kier alpha value is -2.97. The fourth-order valence-electron chi connectivity index (χ4n) is 3.43. The van der Waals surface area contributed by atoms with Crippen LogP contribution in [-0.4, -0.2) is 30.3 Å². The molecule has 0 saturated carbocycles. The Labute approximate surface area is 167 Å². The van der Waals surface area contributed by atoms with E-state index in [1.807, 2.05) is 0 Å². The molecule has 1 aliphatic heterocycles. The van der Waals surface area contributed by atoms with Crippen molar-refractivity contribution in [2.24, 2.45) is 0 Å². The van der Waals surface area contributed by atoms with E-state index in [4.69, 9.17) is 4.74 Å². The van der Waals surface area contributed by atoms with Gasteiger partial charge in [0.2, 0.25) is 9.84 Å². The first-order chi connectivity index (χ1) is 14.0. The molecule has 0 aliphatic carbocycles. The fraction of sp³-hybridized carbons (Fsp3) is 0.238. The molecule has 4 rings (SSSR count). The Kier molecular flexibility index (Phi) is 5.21. The summed E-state index contributed by atoms with van der Waals surface area (Å²) in [5, 5.41) is 0. The zero-order chi connectivity index (χ0) is 20.4. The third-order valence-corrected chi connectivity index (χ3v) is 6.66. The van der Waals surface area contributed by atoms with Gasteiger partial charge in [-0.05, 0) is 37.1 Å². The zero-order valence-corrected chi connectivity index (χ0v) is 16.4. The molecule has 0 N–H and O–H groups in total. The monoisotopic (exact) mass is 412 g/mol. The van der Waals surface area contributed by atoms with E-state index in [0.717, 1.165) is 23.6 Å². The maximum Gasteiger partial charge on any atom is 0.335 e. The van der Waals surface area contributed by atoms with Crippen molar-refractivity contribution in [3.05, 3.63) is 87.7 Å². The third-order valence-electron chi connectivity index (χ3n) is 4.91. The summed E-state index contributed by atoms with van der Waals surface area (Å²) in [6, 6.07) is 16.0. The summed E-state index contributed by atoms with van der Waals surface area (Å²) in [4.78, 5) is 25.8. The molecule has 2 aromatic carbocycles. The Balaban J connectivity index is 1.96. The van der Waals surface area contributed by atoms with Crippen molar-refractivity contribution in [2.45, 2.75) is 35.3 Å². The second-order valence-electron chi connectivity index (χ2n) is 6.86. The zero-order valence-electron chi connectivity index (χ0n) is 15.6. The number of hydrogen-bond acceptors (Lipinski definition) is 5. The molecule has 1 fully saturated rings. The van der Waals surface area contributed by atoms with Crippen LogP contribution >= 0.6 is 0 Å². The smallest absolute Gasteiger partial charge is 0.335 e. The summed E-state index contributed by atoms with van der Waals surface area (Å²) in [6.07, 6.45) is 2.61. The normalized spacial score (nSPS) is 16.8. The first-order valence-corrected chi connectivity index (χ1v) is 10.8. The molecule has 1 atom stereocenters. The molecule has 0 amide bonds. The van der Waals surface area contributed by atoms with Crippen molar-refractivity contribution in [2.75, 3.05) is 6.61 Å². The molecule has 2 heterocycles. The van der Waals surface area contributed by atoms with Crippen molar-refractivity contribution in [3.8, 4) is 5.69 Å². The Bertz CT molecular complexity index is 1230. The molecule has 1 saturated heterocycles. The number of nitrogens with zero attached hydrogens (tertiary/aromatic N) is 2. The van der Waals surface area contributed by atoms with E-state index in [1.165, 1.54) is 16.7 Å². The SMILES string of the molecule is O=c1c(S(=O)(=O)c2ccccc2)cn(C[C@H]2CCCO2)c(=O)n1-c1ccccc1. The van der Waals surface area contributed by atoms with Gasteiger partial charge in [-0.15, -0.1) is 0 Å². The minimum absolute atomic E-state index is 0.000901. The van der Waals surface area contributed by atoms with E-state index in [2.05, 4.69) is 0 Å². The average molecular weight is 412 g/mol. The Morgan fingerprint density at radius 3 is 2.24 bits per heavy atom. The minimum atomic E-state index is -4.11. The van der Waals surface area contributed by atoms with E-state index in [9.17, 15) is 18.0 Å². The van der Waals surface area contributed by atoms with Crippen LogP contribution in [0.4, 0.5) is 0 Å². The number of ether oxygens (including phenoxy) is 1. The lowest BCUT2D eigenvalue weighted by Gasteiger charge is -2.16. The van der Waals surface area contributed by atoms with Crippen molar-refractivity contribution in [3.63, 3.8) is 0 Å². The second-order valence-corrected chi connectivity index (χ2v) is 8.77. The highest BCUT2D eigenvalue weighted by Crippen LogP contribution is 2.19. The van der Waals surface area contributed by atoms with Gasteiger partial charge in [-0.1, -0.05) is 36.4 Å². The number of para-hydroxylation sites is 1. The molecule has 1 aromatic heterocycles. The summed E-state index contributed by atoms with van der Waals surface area (Å²) in [7, 11) is -4.11. The molecule has 0 spiro atoms. The minimum Gasteiger partial charge on any atom is -0.376 e. The van der Waals surface area contributed by atoms with Gasteiger partial charge in [0.25, 0.3) is 5.56 Å². The number of aromatic nitrogens is 2. The predicted molar refractivity (Wildman–Crippen MR) is 107 cm³/mol. The Morgan fingerprint density at radius 1 is 0.966 bits per heavy atom. The molecule has 1 aliphatic rings. The van der Waals surface area contributed by atoms with Gasteiger partial charge in [-0.2, -0.15) is 0 Å². The van der Waals surface area contributed by atoms with Crippen LogP contribution in [-0.2, 0) is 21.1 Å². The topological polar surface area (TPSA) is 87.4 Å². The van der Waals surface area contributed by atoms with E-state index < -0.39 is 26.0 Å². The fourth-order valence-corrected chi connectivity index (χ4v) is 4.79. The lowest BCUT2D eigenvalue weighted by molar-refractivity contribution is 0.0953. The average Bonchev–Trinajstić information content (AvgIpc) is 3.25. The van der Waals surface area contributed by atoms with Crippen molar-refractivity contribution >= 4 is 9.84 Å². The van der Waals surface area contributed by atoms with Crippen LogP contribution < -0.4 is 11.2 Å². The molecule has 3 aromatic rings. The number of sulfone groups is 1. The summed E-state index contributed by atoms with van der Waals surface area (Å²) >= 11 is 0. The number of benzene rings is 2. The van der Waals surface area contributed by atoms with Gasteiger partial charge >= 0.3 is 5.69 Å². The molecule has 8 heteroatoms. The van der Waals surface area contributed by atoms with Crippen LogP contribution in [0.3, 0.4) is 0 Å². The van der Waals surface area contributed by atoms with Crippen LogP contribution in [0.2, 0.25) is 0 Å². The quantitative estimate of drug-likeness (QED) is 0.640. The predicted octanol–water partition coefficient (Wildman–Crippen LogP) is 2.01. The highest BCUT2D eigenvalue weighted by atomic mass is 32.2. The van der Waals surface area contributed by atoms with E-state index in [-0.39, 0.29) is 17.5 Å². The van der Waals surface area contributed by atoms with Gasteiger partial charge < -0.3 is 4.74 Å². The van der Waals surface area contributed by atoms with Gasteiger partial charge in [0.15, 0.2) is 4.90 Å². The standard InChI is InChI=1S/C21H20N2O5S/c24-20-19(29(26,27)18-11-5-2-6-12-18)15-22(14-17-10-7-13-28-17)21(25)23(20)16-8-3-1-4-9-16/h1-6,8-9,11-12,15,17H,7,10,13-14H2/t17-/m1/s1.